The summed E-state index contributed by atoms with van der Waals surface area (Å²) in [7, 11) is 0. The van der Waals surface area contributed by atoms with Gasteiger partial charge in [-0.2, -0.15) is 0 Å². The Kier molecular flexibility index (Phi) is 4.64. The first-order valence-electron chi connectivity index (χ1n) is 5.86. The SMILES string of the molecule is CCC(C)C(C)(O)CC(C)(C)C(C)C. The number of rotatable bonds is 5. The van der Waals surface area contributed by atoms with Gasteiger partial charge < -0.3 is 5.11 Å². The lowest BCUT2D eigenvalue weighted by molar-refractivity contribution is -0.0419. The molecule has 0 aliphatic carbocycles. The monoisotopic (exact) mass is 200 g/mol. The number of hydrogen-bond donors (Lipinski definition) is 1. The highest BCUT2D eigenvalue weighted by molar-refractivity contribution is 4.86. The fraction of sp³-hybridized carbons (Fsp3) is 1.00. The van der Waals surface area contributed by atoms with Gasteiger partial charge in [0.05, 0.1) is 5.60 Å². The maximum Gasteiger partial charge on any atom is 0.0650 e. The summed E-state index contributed by atoms with van der Waals surface area (Å²) < 4.78 is 0. The van der Waals surface area contributed by atoms with Gasteiger partial charge >= 0.3 is 0 Å². The van der Waals surface area contributed by atoms with Crippen molar-refractivity contribution < 1.29 is 5.11 Å². The van der Waals surface area contributed by atoms with Crippen LogP contribution < -0.4 is 0 Å². The highest BCUT2D eigenvalue weighted by atomic mass is 16.3. The Morgan fingerprint density at radius 2 is 1.50 bits per heavy atom. The van der Waals surface area contributed by atoms with Crippen LogP contribution in [0, 0.1) is 17.3 Å². The minimum Gasteiger partial charge on any atom is -0.390 e. The minimum absolute atomic E-state index is 0.215. The quantitative estimate of drug-likeness (QED) is 0.714. The van der Waals surface area contributed by atoms with E-state index >= 15 is 0 Å². The molecule has 0 aromatic carbocycles. The summed E-state index contributed by atoms with van der Waals surface area (Å²) >= 11 is 0. The second kappa shape index (κ2) is 4.65. The summed E-state index contributed by atoms with van der Waals surface area (Å²) in [6.07, 6.45) is 1.92. The van der Waals surface area contributed by atoms with E-state index in [9.17, 15) is 5.11 Å². The van der Waals surface area contributed by atoms with Crippen molar-refractivity contribution in [3.8, 4) is 0 Å². The van der Waals surface area contributed by atoms with Gasteiger partial charge in [-0.15, -0.1) is 0 Å². The normalized spacial score (nSPS) is 19.5. The molecule has 0 saturated heterocycles. The lowest BCUT2D eigenvalue weighted by atomic mass is 9.70. The van der Waals surface area contributed by atoms with Crippen LogP contribution in [0.5, 0.6) is 0 Å². The molecule has 0 aliphatic rings. The van der Waals surface area contributed by atoms with Gasteiger partial charge in [-0.25, -0.2) is 0 Å². The molecule has 1 heteroatoms. The molecule has 0 rings (SSSR count). The predicted molar refractivity (Wildman–Crippen MR) is 63.3 cm³/mol. The topological polar surface area (TPSA) is 20.2 Å². The summed E-state index contributed by atoms with van der Waals surface area (Å²) in [6.45, 7) is 15.2. The molecule has 2 atom stereocenters. The van der Waals surface area contributed by atoms with Gasteiger partial charge in [0, 0.05) is 0 Å². The fourth-order valence-corrected chi connectivity index (χ4v) is 1.74. The fourth-order valence-electron chi connectivity index (χ4n) is 1.74. The van der Waals surface area contributed by atoms with Crippen LogP contribution in [-0.4, -0.2) is 10.7 Å². The van der Waals surface area contributed by atoms with Crippen molar-refractivity contribution in [2.75, 3.05) is 0 Å². The number of aliphatic hydroxyl groups is 1. The third-order valence-electron chi connectivity index (χ3n) is 4.05. The Hall–Kier alpha value is -0.0400. The molecule has 0 amide bonds. The van der Waals surface area contributed by atoms with Crippen LogP contribution >= 0.6 is 0 Å². The van der Waals surface area contributed by atoms with Crippen molar-refractivity contribution in [2.45, 2.75) is 66.9 Å². The molecule has 86 valence electrons. The number of hydrogen-bond acceptors (Lipinski definition) is 1. The second-order valence-corrected chi connectivity index (χ2v) is 5.99. The zero-order valence-electron chi connectivity index (χ0n) is 11.0. The molecule has 0 radical (unpaired) electrons. The molecule has 0 fully saturated rings. The molecule has 0 aromatic heterocycles. The zero-order chi connectivity index (χ0) is 11.6. The second-order valence-electron chi connectivity index (χ2n) is 5.99. The molecule has 0 heterocycles. The summed E-state index contributed by atoms with van der Waals surface area (Å²) in [6, 6.07) is 0. The largest absolute Gasteiger partial charge is 0.390 e. The summed E-state index contributed by atoms with van der Waals surface area (Å²) in [5.41, 5.74) is -0.310. The predicted octanol–water partition coefficient (Wildman–Crippen LogP) is 3.86. The highest BCUT2D eigenvalue weighted by Crippen LogP contribution is 2.38. The smallest absolute Gasteiger partial charge is 0.0650 e. The van der Waals surface area contributed by atoms with E-state index in [1.165, 1.54) is 0 Å². The van der Waals surface area contributed by atoms with E-state index in [0.29, 0.717) is 11.8 Å². The zero-order valence-corrected chi connectivity index (χ0v) is 11.0. The van der Waals surface area contributed by atoms with E-state index in [-0.39, 0.29) is 5.41 Å². The van der Waals surface area contributed by atoms with Crippen molar-refractivity contribution >= 4 is 0 Å². The first kappa shape index (κ1) is 14.0. The minimum atomic E-state index is -0.525. The van der Waals surface area contributed by atoms with Crippen LogP contribution in [-0.2, 0) is 0 Å². The molecule has 0 aromatic rings. The lowest BCUT2D eigenvalue weighted by Gasteiger charge is -2.39. The van der Waals surface area contributed by atoms with Gasteiger partial charge in [0.2, 0.25) is 0 Å². The van der Waals surface area contributed by atoms with E-state index in [0.717, 1.165) is 12.8 Å². The van der Waals surface area contributed by atoms with E-state index in [2.05, 4.69) is 41.5 Å². The molecule has 2 unspecified atom stereocenters. The molecule has 0 spiro atoms. The van der Waals surface area contributed by atoms with Gasteiger partial charge in [0.1, 0.15) is 0 Å². The first-order chi connectivity index (χ1) is 6.13. The maximum absolute atomic E-state index is 10.4. The molecule has 0 bridgehead atoms. The summed E-state index contributed by atoms with van der Waals surface area (Å²) in [5, 5.41) is 10.4. The van der Waals surface area contributed by atoms with Crippen LogP contribution in [0.25, 0.3) is 0 Å². The van der Waals surface area contributed by atoms with E-state index < -0.39 is 5.60 Å². The van der Waals surface area contributed by atoms with Crippen molar-refractivity contribution in [3.05, 3.63) is 0 Å². The Bertz CT molecular complexity index is 168. The molecular weight excluding hydrogens is 172 g/mol. The molecule has 1 N–H and O–H groups in total. The van der Waals surface area contributed by atoms with Crippen molar-refractivity contribution in [1.29, 1.82) is 0 Å². The average Bonchev–Trinajstić information content (AvgIpc) is 2.00. The van der Waals surface area contributed by atoms with Crippen LogP contribution in [0.4, 0.5) is 0 Å². The maximum atomic E-state index is 10.4. The Morgan fingerprint density at radius 1 is 1.07 bits per heavy atom. The summed E-state index contributed by atoms with van der Waals surface area (Å²) in [4.78, 5) is 0. The van der Waals surface area contributed by atoms with Crippen LogP contribution in [0.1, 0.15) is 61.3 Å². The van der Waals surface area contributed by atoms with Crippen molar-refractivity contribution in [1.82, 2.24) is 0 Å². The van der Waals surface area contributed by atoms with Gasteiger partial charge in [-0.3, -0.25) is 0 Å². The Balaban J connectivity index is 4.49. The molecular formula is C13H28O. The summed E-state index contributed by atoms with van der Waals surface area (Å²) in [5.74, 6) is 0.985. The van der Waals surface area contributed by atoms with Crippen molar-refractivity contribution in [2.24, 2.45) is 17.3 Å². The standard InChI is InChI=1S/C13H28O/c1-8-11(4)13(7,14)9-12(5,6)10(2)3/h10-11,14H,8-9H2,1-7H3. The highest BCUT2D eigenvalue weighted by Gasteiger charge is 2.35. The van der Waals surface area contributed by atoms with Gasteiger partial charge in [-0.1, -0.05) is 48.0 Å². The molecule has 1 nitrogen and oxygen atoms in total. The van der Waals surface area contributed by atoms with E-state index in [4.69, 9.17) is 0 Å². The van der Waals surface area contributed by atoms with Crippen LogP contribution in [0.15, 0.2) is 0 Å². The third kappa shape index (κ3) is 3.61. The van der Waals surface area contributed by atoms with Crippen LogP contribution in [0.2, 0.25) is 0 Å². The van der Waals surface area contributed by atoms with Crippen molar-refractivity contribution in [3.63, 3.8) is 0 Å². The van der Waals surface area contributed by atoms with Gasteiger partial charge in [-0.05, 0) is 30.6 Å². The molecule has 0 saturated carbocycles. The Morgan fingerprint density at radius 3 is 1.79 bits per heavy atom. The molecule has 14 heavy (non-hydrogen) atoms. The van der Waals surface area contributed by atoms with E-state index in [1.807, 2.05) is 6.92 Å². The first-order valence-corrected chi connectivity index (χ1v) is 5.86. The van der Waals surface area contributed by atoms with E-state index in [1.54, 1.807) is 0 Å². The molecule has 0 aliphatic heterocycles. The third-order valence-corrected chi connectivity index (χ3v) is 4.05. The lowest BCUT2D eigenvalue weighted by Crippen LogP contribution is -2.39. The van der Waals surface area contributed by atoms with Gasteiger partial charge in [0.15, 0.2) is 0 Å². The van der Waals surface area contributed by atoms with Crippen LogP contribution in [0.3, 0.4) is 0 Å². The Labute approximate surface area is 89.9 Å². The average molecular weight is 200 g/mol. The van der Waals surface area contributed by atoms with Gasteiger partial charge in [0.25, 0.3) is 0 Å².